The highest BCUT2D eigenvalue weighted by Crippen LogP contribution is 2.24. The van der Waals surface area contributed by atoms with E-state index < -0.39 is 0 Å². The summed E-state index contributed by atoms with van der Waals surface area (Å²) in [5.74, 6) is 0.234. The second kappa shape index (κ2) is 5.74. The highest BCUT2D eigenvalue weighted by Gasteiger charge is 2.40. The number of hydrogen-bond donors (Lipinski definition) is 1. The highest BCUT2D eigenvalue weighted by molar-refractivity contribution is 5.77. The van der Waals surface area contributed by atoms with Gasteiger partial charge in [0, 0.05) is 19.5 Å². The lowest BCUT2D eigenvalue weighted by Gasteiger charge is -2.48. The fraction of sp³-hybridized carbons (Fsp3) is 0.562. The van der Waals surface area contributed by atoms with E-state index in [1.807, 2.05) is 4.90 Å². The third kappa shape index (κ3) is 3.57. The van der Waals surface area contributed by atoms with Gasteiger partial charge in [0.2, 0.25) is 5.91 Å². The van der Waals surface area contributed by atoms with Crippen LogP contribution in [-0.2, 0) is 11.2 Å². The van der Waals surface area contributed by atoms with Crippen LogP contribution in [0.1, 0.15) is 37.3 Å². The summed E-state index contributed by atoms with van der Waals surface area (Å²) in [5.41, 5.74) is 8.54. The number of likely N-dealkylation sites (tertiary alicyclic amines) is 1. The zero-order chi connectivity index (χ0) is 13.9. The van der Waals surface area contributed by atoms with Crippen molar-refractivity contribution in [3.8, 4) is 0 Å². The van der Waals surface area contributed by atoms with E-state index in [2.05, 4.69) is 38.1 Å². The molecule has 1 aromatic rings. The first-order valence-corrected chi connectivity index (χ1v) is 7.15. The third-order valence-corrected chi connectivity index (χ3v) is 3.86. The first-order chi connectivity index (χ1) is 9.02. The van der Waals surface area contributed by atoms with Gasteiger partial charge in [-0.25, -0.2) is 0 Å². The number of nitrogens with zero attached hydrogens (tertiary/aromatic N) is 1. The van der Waals surface area contributed by atoms with Gasteiger partial charge in [0.1, 0.15) is 0 Å². The minimum atomic E-state index is -0.117. The minimum Gasteiger partial charge on any atom is -0.339 e. The van der Waals surface area contributed by atoms with Crippen LogP contribution < -0.4 is 5.73 Å². The third-order valence-electron chi connectivity index (χ3n) is 3.86. The Morgan fingerprint density at radius 3 is 2.53 bits per heavy atom. The van der Waals surface area contributed by atoms with E-state index in [0.717, 1.165) is 32.4 Å². The molecule has 3 nitrogen and oxygen atoms in total. The molecule has 1 amide bonds. The molecule has 1 saturated heterocycles. The molecule has 0 radical (unpaired) electrons. The smallest absolute Gasteiger partial charge is 0.223 e. The number of aryl methyl sites for hydroxylation is 2. The molecule has 2 N–H and O–H groups in total. The van der Waals surface area contributed by atoms with Gasteiger partial charge in [-0.3, -0.25) is 4.79 Å². The van der Waals surface area contributed by atoms with E-state index in [4.69, 9.17) is 5.73 Å². The molecule has 3 heteroatoms. The summed E-state index contributed by atoms with van der Waals surface area (Å²) in [6.45, 7) is 5.67. The molecule has 0 unspecified atom stereocenters. The molecule has 0 atom stereocenters. The van der Waals surface area contributed by atoms with Crippen LogP contribution in [0, 0.1) is 6.92 Å². The van der Waals surface area contributed by atoms with Gasteiger partial charge in [0.15, 0.2) is 0 Å². The summed E-state index contributed by atoms with van der Waals surface area (Å²) in [6, 6.07) is 8.39. The molecular weight excluding hydrogens is 236 g/mol. The lowest BCUT2D eigenvalue weighted by Crippen LogP contribution is -2.68. The van der Waals surface area contributed by atoms with Crippen molar-refractivity contribution in [2.45, 2.75) is 45.1 Å². The lowest BCUT2D eigenvalue weighted by molar-refractivity contribution is -0.138. The Morgan fingerprint density at radius 1 is 1.32 bits per heavy atom. The second-order valence-corrected chi connectivity index (χ2v) is 5.85. The van der Waals surface area contributed by atoms with Crippen molar-refractivity contribution in [3.63, 3.8) is 0 Å². The van der Waals surface area contributed by atoms with E-state index in [9.17, 15) is 4.79 Å². The van der Waals surface area contributed by atoms with Crippen LogP contribution in [0.15, 0.2) is 24.3 Å². The monoisotopic (exact) mass is 260 g/mol. The summed E-state index contributed by atoms with van der Waals surface area (Å²) in [5, 5.41) is 0. The Balaban J connectivity index is 1.76. The molecule has 104 valence electrons. The van der Waals surface area contributed by atoms with Crippen molar-refractivity contribution in [1.29, 1.82) is 0 Å². The summed E-state index contributed by atoms with van der Waals surface area (Å²) < 4.78 is 0. The number of benzene rings is 1. The fourth-order valence-electron chi connectivity index (χ4n) is 2.71. The number of rotatable bonds is 5. The van der Waals surface area contributed by atoms with Gasteiger partial charge in [-0.2, -0.15) is 0 Å². The van der Waals surface area contributed by atoms with E-state index in [0.29, 0.717) is 6.42 Å². The Labute approximate surface area is 115 Å². The molecule has 0 bridgehead atoms. The van der Waals surface area contributed by atoms with Crippen molar-refractivity contribution in [2.24, 2.45) is 5.73 Å². The van der Waals surface area contributed by atoms with E-state index in [1.165, 1.54) is 11.1 Å². The van der Waals surface area contributed by atoms with Crippen LogP contribution in [0.3, 0.4) is 0 Å². The first-order valence-electron chi connectivity index (χ1n) is 7.15. The van der Waals surface area contributed by atoms with Crippen molar-refractivity contribution >= 4 is 5.91 Å². The van der Waals surface area contributed by atoms with Gasteiger partial charge in [-0.05, 0) is 25.3 Å². The molecule has 2 rings (SSSR count). The van der Waals surface area contributed by atoms with E-state index in [-0.39, 0.29) is 11.4 Å². The summed E-state index contributed by atoms with van der Waals surface area (Å²) in [7, 11) is 0. The molecule has 1 aliphatic heterocycles. The Kier molecular flexibility index (Phi) is 4.25. The molecule has 0 aromatic heterocycles. The quantitative estimate of drug-likeness (QED) is 0.882. The van der Waals surface area contributed by atoms with Gasteiger partial charge in [0.05, 0.1) is 5.54 Å². The van der Waals surface area contributed by atoms with E-state index >= 15 is 0 Å². The maximum absolute atomic E-state index is 12.0. The Bertz CT molecular complexity index is 433. The molecule has 1 aliphatic rings. The molecule has 0 spiro atoms. The van der Waals surface area contributed by atoms with Crippen LogP contribution in [-0.4, -0.2) is 29.4 Å². The topological polar surface area (TPSA) is 46.3 Å². The Hall–Kier alpha value is -1.35. The zero-order valence-electron chi connectivity index (χ0n) is 12.0. The van der Waals surface area contributed by atoms with Crippen molar-refractivity contribution < 1.29 is 4.79 Å². The number of hydrogen-bond acceptors (Lipinski definition) is 2. The van der Waals surface area contributed by atoms with Gasteiger partial charge >= 0.3 is 0 Å². The summed E-state index contributed by atoms with van der Waals surface area (Å²) in [6.07, 6.45) is 3.50. The standard InChI is InChI=1S/C16H24N2O/c1-3-10-16(17)11-18(12-16)15(19)9-8-14-6-4-13(2)5-7-14/h4-7H,3,8-12,17H2,1-2H3. The van der Waals surface area contributed by atoms with Crippen LogP contribution in [0.25, 0.3) is 0 Å². The van der Waals surface area contributed by atoms with Gasteiger partial charge < -0.3 is 10.6 Å². The van der Waals surface area contributed by atoms with Crippen LogP contribution >= 0.6 is 0 Å². The van der Waals surface area contributed by atoms with Crippen molar-refractivity contribution in [1.82, 2.24) is 4.90 Å². The number of nitrogens with two attached hydrogens (primary N) is 1. The number of carbonyl (C=O) groups excluding carboxylic acids is 1. The number of amides is 1. The highest BCUT2D eigenvalue weighted by atomic mass is 16.2. The molecule has 0 aliphatic carbocycles. The molecule has 0 saturated carbocycles. The zero-order valence-corrected chi connectivity index (χ0v) is 12.0. The largest absolute Gasteiger partial charge is 0.339 e. The molecule has 1 heterocycles. The molecule has 19 heavy (non-hydrogen) atoms. The SMILES string of the molecule is CCCC1(N)CN(C(=O)CCc2ccc(C)cc2)C1. The average molecular weight is 260 g/mol. The fourth-order valence-corrected chi connectivity index (χ4v) is 2.71. The average Bonchev–Trinajstić information content (AvgIpc) is 2.35. The maximum atomic E-state index is 12.0. The normalized spacial score (nSPS) is 17.1. The predicted molar refractivity (Wildman–Crippen MR) is 77.9 cm³/mol. The second-order valence-electron chi connectivity index (χ2n) is 5.85. The van der Waals surface area contributed by atoms with Crippen molar-refractivity contribution in [2.75, 3.05) is 13.1 Å². The Morgan fingerprint density at radius 2 is 1.95 bits per heavy atom. The van der Waals surface area contributed by atoms with Gasteiger partial charge in [0.25, 0.3) is 0 Å². The first kappa shape index (κ1) is 14.1. The number of carbonyl (C=O) groups is 1. The molecular formula is C16H24N2O. The van der Waals surface area contributed by atoms with Crippen LogP contribution in [0.2, 0.25) is 0 Å². The maximum Gasteiger partial charge on any atom is 0.223 e. The van der Waals surface area contributed by atoms with Gasteiger partial charge in [-0.1, -0.05) is 43.2 Å². The summed E-state index contributed by atoms with van der Waals surface area (Å²) >= 11 is 0. The lowest BCUT2D eigenvalue weighted by atomic mass is 9.86. The van der Waals surface area contributed by atoms with Gasteiger partial charge in [-0.15, -0.1) is 0 Å². The minimum absolute atomic E-state index is 0.117. The molecule has 1 aromatic carbocycles. The predicted octanol–water partition coefficient (Wildman–Crippen LogP) is 2.27. The van der Waals surface area contributed by atoms with Crippen molar-refractivity contribution in [3.05, 3.63) is 35.4 Å². The van der Waals surface area contributed by atoms with Crippen LogP contribution in [0.5, 0.6) is 0 Å². The summed E-state index contributed by atoms with van der Waals surface area (Å²) in [4.78, 5) is 13.9. The molecule has 1 fully saturated rings. The van der Waals surface area contributed by atoms with E-state index in [1.54, 1.807) is 0 Å². The van der Waals surface area contributed by atoms with Crippen LogP contribution in [0.4, 0.5) is 0 Å².